The van der Waals surface area contributed by atoms with Crippen molar-refractivity contribution in [1.29, 1.82) is 0 Å². The predicted octanol–water partition coefficient (Wildman–Crippen LogP) is 4.50. The van der Waals surface area contributed by atoms with Gasteiger partial charge in [-0.3, -0.25) is 0 Å². The lowest BCUT2D eigenvalue weighted by Crippen LogP contribution is -2.31. The van der Waals surface area contributed by atoms with Crippen molar-refractivity contribution in [3.8, 4) is 0 Å². The van der Waals surface area contributed by atoms with Crippen molar-refractivity contribution in [2.24, 2.45) is 0 Å². The Morgan fingerprint density at radius 2 is 2.05 bits per heavy atom. The lowest BCUT2D eigenvalue weighted by Gasteiger charge is -2.30. The smallest absolute Gasteiger partial charge is 0.153 e. The van der Waals surface area contributed by atoms with Gasteiger partial charge in [-0.1, -0.05) is 22.0 Å². The summed E-state index contributed by atoms with van der Waals surface area (Å²) in [5.41, 5.74) is 6.55. The topological polar surface area (TPSA) is 31.9 Å². The molecular weight excluding hydrogens is 338 g/mol. The maximum Gasteiger partial charge on any atom is 0.153 e. The molecule has 22 heavy (non-hydrogen) atoms. The lowest BCUT2D eigenvalue weighted by atomic mass is 10.00. The number of aromatic amines is 1. The van der Waals surface area contributed by atoms with Crippen LogP contribution in [0.15, 0.2) is 34.9 Å². The number of nitrogens with one attached hydrogen (secondary N) is 1. The lowest BCUT2D eigenvalue weighted by molar-refractivity contribution is 0.723. The number of aryl methyl sites for hydroxylation is 2. The minimum atomic E-state index is 0.915. The number of benzene rings is 1. The van der Waals surface area contributed by atoms with Crippen molar-refractivity contribution in [3.63, 3.8) is 0 Å². The number of hydrogen-bond acceptors (Lipinski definition) is 2. The van der Waals surface area contributed by atoms with Gasteiger partial charge in [0.2, 0.25) is 0 Å². The number of aromatic nitrogens is 2. The Bertz CT molecular complexity index is 866. The van der Waals surface area contributed by atoms with E-state index in [2.05, 4.69) is 68.9 Å². The minimum Gasteiger partial charge on any atom is -0.355 e. The van der Waals surface area contributed by atoms with Gasteiger partial charge in [-0.25, -0.2) is 4.98 Å². The Morgan fingerprint density at radius 3 is 2.91 bits per heavy atom. The molecule has 0 bridgehead atoms. The molecule has 0 spiro atoms. The summed E-state index contributed by atoms with van der Waals surface area (Å²) in [4.78, 5) is 10.6. The fourth-order valence-electron chi connectivity index (χ4n) is 3.32. The first-order valence-corrected chi connectivity index (χ1v) is 8.39. The first-order valence-electron chi connectivity index (χ1n) is 7.59. The Balaban J connectivity index is 1.79. The summed E-state index contributed by atoms with van der Waals surface area (Å²) in [5, 5.41) is 1.28. The highest BCUT2D eigenvalue weighted by Gasteiger charge is 2.20. The summed E-state index contributed by atoms with van der Waals surface area (Å²) >= 11 is 3.58. The van der Waals surface area contributed by atoms with Crippen LogP contribution in [-0.4, -0.2) is 16.5 Å². The second-order valence-corrected chi connectivity index (χ2v) is 6.93. The molecule has 4 rings (SSSR count). The van der Waals surface area contributed by atoms with Crippen molar-refractivity contribution in [2.45, 2.75) is 26.8 Å². The molecule has 0 saturated carbocycles. The van der Waals surface area contributed by atoms with E-state index < -0.39 is 0 Å². The maximum atomic E-state index is 4.66. The summed E-state index contributed by atoms with van der Waals surface area (Å²) in [7, 11) is 0. The zero-order valence-corrected chi connectivity index (χ0v) is 14.4. The molecule has 0 amide bonds. The summed E-state index contributed by atoms with van der Waals surface area (Å²) < 4.78 is 1.14. The highest BCUT2D eigenvalue weighted by molar-refractivity contribution is 9.10. The Morgan fingerprint density at radius 1 is 1.18 bits per heavy atom. The van der Waals surface area contributed by atoms with Crippen LogP contribution in [0.1, 0.15) is 22.4 Å². The average molecular weight is 356 g/mol. The van der Waals surface area contributed by atoms with E-state index >= 15 is 0 Å². The van der Waals surface area contributed by atoms with Crippen molar-refractivity contribution < 1.29 is 0 Å². The van der Waals surface area contributed by atoms with Crippen LogP contribution in [-0.2, 0) is 13.0 Å². The second kappa shape index (κ2) is 5.13. The Hall–Kier alpha value is -1.81. The summed E-state index contributed by atoms with van der Waals surface area (Å²) in [6.45, 7) is 6.22. The number of H-pyrrole nitrogens is 1. The normalized spacial score (nSPS) is 14.4. The number of halogens is 1. The molecule has 3 aromatic rings. The molecule has 0 saturated heterocycles. The van der Waals surface area contributed by atoms with Crippen LogP contribution in [0.25, 0.3) is 10.9 Å². The molecule has 1 aliphatic heterocycles. The Labute approximate surface area is 138 Å². The third kappa shape index (κ3) is 2.13. The fraction of sp³-hybridized carbons (Fsp3) is 0.278. The zero-order valence-electron chi connectivity index (χ0n) is 12.8. The van der Waals surface area contributed by atoms with Gasteiger partial charge < -0.3 is 9.88 Å². The maximum absolute atomic E-state index is 4.66. The zero-order chi connectivity index (χ0) is 15.3. The van der Waals surface area contributed by atoms with Crippen LogP contribution in [0.3, 0.4) is 0 Å². The molecule has 0 radical (unpaired) electrons. The van der Waals surface area contributed by atoms with Crippen LogP contribution in [0.2, 0.25) is 0 Å². The van der Waals surface area contributed by atoms with E-state index in [1.807, 2.05) is 6.20 Å². The Kier molecular flexibility index (Phi) is 3.22. The largest absolute Gasteiger partial charge is 0.355 e. The van der Waals surface area contributed by atoms with E-state index in [1.165, 1.54) is 27.8 Å². The van der Waals surface area contributed by atoms with E-state index in [9.17, 15) is 0 Å². The van der Waals surface area contributed by atoms with Crippen LogP contribution in [0, 0.1) is 13.8 Å². The predicted molar refractivity (Wildman–Crippen MR) is 94.5 cm³/mol. The van der Waals surface area contributed by atoms with E-state index in [4.69, 9.17) is 0 Å². The van der Waals surface area contributed by atoms with Crippen LogP contribution >= 0.6 is 15.9 Å². The third-order valence-electron chi connectivity index (χ3n) is 4.69. The molecule has 0 unspecified atom stereocenters. The molecule has 2 aromatic heterocycles. The minimum absolute atomic E-state index is 0.915. The molecule has 3 heterocycles. The van der Waals surface area contributed by atoms with Crippen LogP contribution in [0.4, 0.5) is 5.82 Å². The van der Waals surface area contributed by atoms with Gasteiger partial charge in [0.1, 0.15) is 0 Å². The average Bonchev–Trinajstić information content (AvgIpc) is 2.81. The van der Waals surface area contributed by atoms with Crippen molar-refractivity contribution in [1.82, 2.24) is 9.97 Å². The van der Waals surface area contributed by atoms with Gasteiger partial charge >= 0.3 is 0 Å². The molecular formula is C18H18BrN3. The summed E-state index contributed by atoms with van der Waals surface area (Å²) in [6, 6.07) is 8.69. The van der Waals surface area contributed by atoms with Gasteiger partial charge in [0, 0.05) is 34.8 Å². The number of rotatable bonds is 1. The molecule has 1 aromatic carbocycles. The van der Waals surface area contributed by atoms with Gasteiger partial charge in [0.05, 0.1) is 5.52 Å². The number of pyridine rings is 1. The summed E-state index contributed by atoms with van der Waals surface area (Å²) in [6.07, 6.45) is 2.99. The SMILES string of the molecule is Cc1[nH]c2c(N3CCc4ccc(Br)cc4C3)nccc2c1C. The number of hydrogen-bond donors (Lipinski definition) is 1. The third-order valence-corrected chi connectivity index (χ3v) is 5.18. The molecule has 1 N–H and O–H groups in total. The standard InChI is InChI=1S/C18H18BrN3/c1-11-12(2)21-17-16(11)5-7-20-18(17)22-8-6-13-3-4-15(19)9-14(13)10-22/h3-5,7,9,21H,6,8,10H2,1-2H3. The first-order chi connectivity index (χ1) is 10.6. The number of nitrogens with zero attached hydrogens (tertiary/aromatic N) is 2. The van der Waals surface area contributed by atoms with Gasteiger partial charge in [-0.05, 0) is 55.2 Å². The fourth-order valence-corrected chi connectivity index (χ4v) is 3.72. The van der Waals surface area contributed by atoms with Crippen molar-refractivity contribution in [3.05, 3.63) is 57.3 Å². The van der Waals surface area contributed by atoms with E-state index in [1.54, 1.807) is 0 Å². The quantitative estimate of drug-likeness (QED) is 0.696. The van der Waals surface area contributed by atoms with Crippen LogP contribution < -0.4 is 4.90 Å². The van der Waals surface area contributed by atoms with E-state index in [0.717, 1.165) is 35.3 Å². The highest BCUT2D eigenvalue weighted by Crippen LogP contribution is 2.31. The van der Waals surface area contributed by atoms with Crippen molar-refractivity contribution >= 4 is 32.7 Å². The number of anilines is 1. The molecule has 1 aliphatic rings. The monoisotopic (exact) mass is 355 g/mol. The molecule has 0 aliphatic carbocycles. The summed E-state index contributed by atoms with van der Waals surface area (Å²) in [5.74, 6) is 1.07. The van der Waals surface area contributed by atoms with Crippen LogP contribution in [0.5, 0.6) is 0 Å². The first kappa shape index (κ1) is 13.8. The number of fused-ring (bicyclic) bond motifs is 2. The second-order valence-electron chi connectivity index (χ2n) is 6.02. The van der Waals surface area contributed by atoms with Crippen molar-refractivity contribution in [2.75, 3.05) is 11.4 Å². The highest BCUT2D eigenvalue weighted by atomic mass is 79.9. The van der Waals surface area contributed by atoms with E-state index in [-0.39, 0.29) is 0 Å². The van der Waals surface area contributed by atoms with Gasteiger partial charge in [-0.2, -0.15) is 0 Å². The molecule has 4 heteroatoms. The van der Waals surface area contributed by atoms with Gasteiger partial charge in [-0.15, -0.1) is 0 Å². The van der Waals surface area contributed by atoms with Gasteiger partial charge in [0.15, 0.2) is 5.82 Å². The molecule has 3 nitrogen and oxygen atoms in total. The van der Waals surface area contributed by atoms with Gasteiger partial charge in [0.25, 0.3) is 0 Å². The van der Waals surface area contributed by atoms with E-state index in [0.29, 0.717) is 0 Å². The molecule has 112 valence electrons. The molecule has 0 fully saturated rings. The molecule has 0 atom stereocenters.